The highest BCUT2D eigenvalue weighted by molar-refractivity contribution is 5.39. The molecular weight excluding hydrogens is 186 g/mol. The molecule has 1 saturated carbocycles. The van der Waals surface area contributed by atoms with E-state index < -0.39 is 0 Å². The standard InChI is InChI=1S/C13H17NO/c1-2-15-12-5-3-10(4-6-12)13-7-11(13)8-14-9-13/h3-6,11,14H,2,7-9H2,1H3. The molecule has 2 nitrogen and oxygen atoms in total. The minimum Gasteiger partial charge on any atom is -0.494 e. The van der Waals surface area contributed by atoms with Crippen molar-refractivity contribution in [2.24, 2.45) is 5.92 Å². The lowest BCUT2D eigenvalue weighted by Crippen LogP contribution is -2.19. The van der Waals surface area contributed by atoms with E-state index in [1.165, 1.54) is 18.5 Å². The lowest BCUT2D eigenvalue weighted by atomic mass is 9.95. The van der Waals surface area contributed by atoms with Gasteiger partial charge in [0.25, 0.3) is 0 Å². The van der Waals surface area contributed by atoms with Gasteiger partial charge in [-0.1, -0.05) is 12.1 Å². The Hall–Kier alpha value is -1.02. The van der Waals surface area contributed by atoms with Gasteiger partial charge in [0.2, 0.25) is 0 Å². The van der Waals surface area contributed by atoms with Crippen LogP contribution >= 0.6 is 0 Å². The monoisotopic (exact) mass is 203 g/mol. The summed E-state index contributed by atoms with van der Waals surface area (Å²) in [7, 11) is 0. The first kappa shape index (κ1) is 9.22. The topological polar surface area (TPSA) is 21.3 Å². The molecule has 1 heterocycles. The summed E-state index contributed by atoms with van der Waals surface area (Å²) in [6.45, 7) is 5.12. The highest BCUT2D eigenvalue weighted by atomic mass is 16.5. The van der Waals surface area contributed by atoms with Gasteiger partial charge in [0.15, 0.2) is 0 Å². The molecule has 1 aliphatic heterocycles. The maximum Gasteiger partial charge on any atom is 0.119 e. The first-order chi connectivity index (χ1) is 7.35. The van der Waals surface area contributed by atoms with Gasteiger partial charge in [-0.3, -0.25) is 0 Å². The fraction of sp³-hybridized carbons (Fsp3) is 0.538. The van der Waals surface area contributed by atoms with E-state index in [4.69, 9.17) is 4.74 Å². The highest BCUT2D eigenvalue weighted by Gasteiger charge is 2.57. The fourth-order valence-corrected chi connectivity index (χ4v) is 2.84. The average Bonchev–Trinajstić information content (AvgIpc) is 2.83. The Morgan fingerprint density at radius 3 is 2.73 bits per heavy atom. The van der Waals surface area contributed by atoms with Gasteiger partial charge in [-0.15, -0.1) is 0 Å². The van der Waals surface area contributed by atoms with E-state index in [0.29, 0.717) is 5.41 Å². The molecule has 1 aliphatic carbocycles. The summed E-state index contributed by atoms with van der Waals surface area (Å²) < 4.78 is 5.45. The smallest absolute Gasteiger partial charge is 0.119 e. The average molecular weight is 203 g/mol. The SMILES string of the molecule is CCOc1ccc(C23CNCC2C3)cc1. The van der Waals surface area contributed by atoms with Gasteiger partial charge in [-0.05, 0) is 43.5 Å². The van der Waals surface area contributed by atoms with Crippen LogP contribution in [0.3, 0.4) is 0 Å². The quantitative estimate of drug-likeness (QED) is 0.810. The van der Waals surface area contributed by atoms with Gasteiger partial charge in [0.1, 0.15) is 5.75 Å². The molecule has 2 aliphatic rings. The van der Waals surface area contributed by atoms with Gasteiger partial charge in [-0.2, -0.15) is 0 Å². The van der Waals surface area contributed by atoms with Gasteiger partial charge < -0.3 is 10.1 Å². The third-order valence-corrected chi connectivity index (χ3v) is 3.80. The van der Waals surface area contributed by atoms with E-state index >= 15 is 0 Å². The van der Waals surface area contributed by atoms with Crippen molar-refractivity contribution in [2.75, 3.05) is 19.7 Å². The second-order valence-electron chi connectivity index (χ2n) is 4.65. The van der Waals surface area contributed by atoms with E-state index in [0.717, 1.165) is 24.8 Å². The molecule has 2 atom stereocenters. The summed E-state index contributed by atoms with van der Waals surface area (Å²) in [5.74, 6) is 1.87. The number of benzene rings is 1. The fourth-order valence-electron chi connectivity index (χ4n) is 2.84. The van der Waals surface area contributed by atoms with Gasteiger partial charge >= 0.3 is 0 Å². The van der Waals surface area contributed by atoms with Crippen molar-refractivity contribution in [2.45, 2.75) is 18.8 Å². The van der Waals surface area contributed by atoms with Gasteiger partial charge in [0.05, 0.1) is 6.61 Å². The van der Waals surface area contributed by atoms with Crippen molar-refractivity contribution < 1.29 is 4.74 Å². The number of fused-ring (bicyclic) bond motifs is 1. The van der Waals surface area contributed by atoms with E-state index in [1.54, 1.807) is 0 Å². The van der Waals surface area contributed by atoms with Crippen LogP contribution in [0.25, 0.3) is 0 Å². The van der Waals surface area contributed by atoms with Crippen LogP contribution in [0.5, 0.6) is 5.75 Å². The summed E-state index contributed by atoms with van der Waals surface area (Å²) in [5.41, 5.74) is 1.96. The Labute approximate surface area is 90.6 Å². The van der Waals surface area contributed by atoms with Crippen LogP contribution in [0.15, 0.2) is 24.3 Å². The molecular formula is C13H17NO. The molecule has 2 heteroatoms. The Morgan fingerprint density at radius 1 is 1.40 bits per heavy atom. The zero-order valence-corrected chi connectivity index (χ0v) is 9.12. The molecule has 1 aromatic carbocycles. The normalized spacial score (nSPS) is 32.5. The number of rotatable bonds is 3. The number of nitrogens with one attached hydrogen (secondary N) is 1. The van der Waals surface area contributed by atoms with Crippen LogP contribution in [-0.2, 0) is 5.41 Å². The third kappa shape index (κ3) is 1.36. The molecule has 0 amide bonds. The molecule has 1 saturated heterocycles. The van der Waals surface area contributed by atoms with Crippen molar-refractivity contribution in [3.8, 4) is 5.75 Å². The van der Waals surface area contributed by atoms with Crippen LogP contribution in [0.2, 0.25) is 0 Å². The number of hydrogen-bond acceptors (Lipinski definition) is 2. The number of ether oxygens (including phenoxy) is 1. The third-order valence-electron chi connectivity index (χ3n) is 3.80. The minimum atomic E-state index is 0.477. The summed E-state index contributed by atoms with van der Waals surface area (Å²) in [6.07, 6.45) is 1.37. The van der Waals surface area contributed by atoms with Crippen LogP contribution in [0, 0.1) is 5.92 Å². The second kappa shape index (κ2) is 3.24. The van der Waals surface area contributed by atoms with Crippen LogP contribution in [0.1, 0.15) is 18.9 Å². The molecule has 2 unspecified atom stereocenters. The van der Waals surface area contributed by atoms with Gasteiger partial charge in [0, 0.05) is 12.0 Å². The Morgan fingerprint density at radius 2 is 2.20 bits per heavy atom. The molecule has 1 aromatic rings. The zero-order chi connectivity index (χ0) is 10.3. The minimum absolute atomic E-state index is 0.477. The lowest BCUT2D eigenvalue weighted by Gasteiger charge is -2.12. The summed E-state index contributed by atoms with van der Waals surface area (Å²) >= 11 is 0. The summed E-state index contributed by atoms with van der Waals surface area (Å²) in [6, 6.07) is 8.67. The molecule has 80 valence electrons. The van der Waals surface area contributed by atoms with E-state index in [-0.39, 0.29) is 0 Å². The predicted octanol–water partition coefficient (Wildman–Crippen LogP) is 1.95. The van der Waals surface area contributed by atoms with Crippen molar-refractivity contribution in [1.82, 2.24) is 5.32 Å². The maximum atomic E-state index is 5.45. The molecule has 0 spiro atoms. The molecule has 0 bridgehead atoms. The van der Waals surface area contributed by atoms with E-state index in [2.05, 4.69) is 29.6 Å². The first-order valence-corrected chi connectivity index (χ1v) is 5.79. The van der Waals surface area contributed by atoms with Gasteiger partial charge in [-0.25, -0.2) is 0 Å². The van der Waals surface area contributed by atoms with Crippen molar-refractivity contribution in [3.63, 3.8) is 0 Å². The van der Waals surface area contributed by atoms with E-state index in [1.807, 2.05) is 6.92 Å². The molecule has 15 heavy (non-hydrogen) atoms. The van der Waals surface area contributed by atoms with Crippen molar-refractivity contribution in [1.29, 1.82) is 0 Å². The largest absolute Gasteiger partial charge is 0.494 e. The molecule has 2 fully saturated rings. The predicted molar refractivity (Wildman–Crippen MR) is 60.3 cm³/mol. The maximum absolute atomic E-state index is 5.45. The number of piperidine rings is 1. The number of hydrogen-bond donors (Lipinski definition) is 1. The van der Waals surface area contributed by atoms with Crippen LogP contribution in [0.4, 0.5) is 0 Å². The Kier molecular flexibility index (Phi) is 1.99. The van der Waals surface area contributed by atoms with Crippen molar-refractivity contribution in [3.05, 3.63) is 29.8 Å². The molecule has 3 rings (SSSR count). The molecule has 1 N–H and O–H groups in total. The van der Waals surface area contributed by atoms with Crippen molar-refractivity contribution >= 4 is 0 Å². The van der Waals surface area contributed by atoms with Crippen LogP contribution in [-0.4, -0.2) is 19.7 Å². The summed E-state index contributed by atoms with van der Waals surface area (Å²) in [4.78, 5) is 0. The van der Waals surface area contributed by atoms with E-state index in [9.17, 15) is 0 Å². The molecule has 0 aromatic heterocycles. The Bertz CT molecular complexity index is 359. The lowest BCUT2D eigenvalue weighted by molar-refractivity contribution is 0.340. The van der Waals surface area contributed by atoms with Crippen LogP contribution < -0.4 is 10.1 Å². The highest BCUT2D eigenvalue weighted by Crippen LogP contribution is 2.56. The Balaban J connectivity index is 1.82. The molecule has 0 radical (unpaired) electrons. The summed E-state index contributed by atoms with van der Waals surface area (Å²) in [5, 5.41) is 3.47. The zero-order valence-electron chi connectivity index (χ0n) is 9.12. The second-order valence-corrected chi connectivity index (χ2v) is 4.65. The first-order valence-electron chi connectivity index (χ1n) is 5.79.